The first kappa shape index (κ1) is 10.2. The third-order valence-corrected chi connectivity index (χ3v) is 2.14. The molecule has 0 aliphatic heterocycles. The number of hydrogen-bond donors (Lipinski definition) is 2. The van der Waals surface area contributed by atoms with Crippen LogP contribution in [0, 0.1) is 0 Å². The number of carboxylic acid groups (broad SMARTS) is 1. The Morgan fingerprint density at radius 2 is 2.00 bits per heavy atom. The first-order valence-electron chi connectivity index (χ1n) is 4.77. The second-order valence-corrected chi connectivity index (χ2v) is 3.25. The lowest BCUT2D eigenvalue weighted by molar-refractivity contribution is 0.0690. The minimum atomic E-state index is -1.01. The van der Waals surface area contributed by atoms with Gasteiger partial charge in [0.2, 0.25) is 0 Å². The van der Waals surface area contributed by atoms with Crippen LogP contribution in [-0.4, -0.2) is 21.3 Å². The fraction of sp³-hybridized carbons (Fsp3) is 0. The summed E-state index contributed by atoms with van der Waals surface area (Å²) in [7, 11) is 0. The van der Waals surface area contributed by atoms with E-state index in [9.17, 15) is 4.79 Å². The van der Waals surface area contributed by atoms with Crippen LogP contribution in [0.2, 0.25) is 0 Å². The Balaban J connectivity index is 2.24. The predicted octanol–water partition coefficient (Wildman–Crippen LogP) is 2.28. The Hall–Kier alpha value is -2.36. The van der Waals surface area contributed by atoms with Gasteiger partial charge in [-0.2, -0.15) is 5.10 Å². The average molecular weight is 214 g/mol. The van der Waals surface area contributed by atoms with Crippen molar-refractivity contribution in [2.45, 2.75) is 0 Å². The second-order valence-electron chi connectivity index (χ2n) is 3.25. The third kappa shape index (κ3) is 2.17. The Bertz CT molecular complexity index is 515. The lowest BCUT2D eigenvalue weighted by atomic mass is 10.1. The van der Waals surface area contributed by atoms with Crippen molar-refractivity contribution in [2.75, 3.05) is 0 Å². The maximum atomic E-state index is 10.8. The van der Waals surface area contributed by atoms with E-state index in [-0.39, 0.29) is 5.69 Å². The smallest absolute Gasteiger partial charge is 0.354 e. The van der Waals surface area contributed by atoms with E-state index < -0.39 is 5.97 Å². The summed E-state index contributed by atoms with van der Waals surface area (Å²) in [6.45, 7) is 0. The maximum Gasteiger partial charge on any atom is 0.354 e. The van der Waals surface area contributed by atoms with Crippen molar-refractivity contribution >= 4 is 18.1 Å². The highest BCUT2D eigenvalue weighted by Crippen LogP contribution is 2.10. The van der Waals surface area contributed by atoms with E-state index in [1.54, 1.807) is 6.08 Å². The molecule has 0 saturated carbocycles. The molecule has 0 saturated heterocycles. The lowest BCUT2D eigenvalue weighted by Gasteiger charge is -1.92. The van der Waals surface area contributed by atoms with Gasteiger partial charge in [-0.05, 0) is 5.56 Å². The molecule has 16 heavy (non-hydrogen) atoms. The Labute approximate surface area is 92.2 Å². The topological polar surface area (TPSA) is 66.0 Å². The van der Waals surface area contributed by atoms with Crippen molar-refractivity contribution in [3.8, 4) is 0 Å². The number of hydrogen-bond acceptors (Lipinski definition) is 2. The quantitative estimate of drug-likeness (QED) is 0.823. The molecule has 0 bridgehead atoms. The zero-order valence-corrected chi connectivity index (χ0v) is 8.42. The molecule has 0 aliphatic rings. The summed E-state index contributed by atoms with van der Waals surface area (Å²) in [5, 5.41) is 15.0. The van der Waals surface area contributed by atoms with Crippen LogP contribution in [0.3, 0.4) is 0 Å². The van der Waals surface area contributed by atoms with Gasteiger partial charge in [-0.3, -0.25) is 5.10 Å². The zero-order chi connectivity index (χ0) is 11.4. The van der Waals surface area contributed by atoms with E-state index in [1.165, 1.54) is 6.20 Å². The molecule has 0 radical (unpaired) electrons. The summed E-state index contributed by atoms with van der Waals surface area (Å²) < 4.78 is 0. The largest absolute Gasteiger partial charge is 0.477 e. The fourth-order valence-electron chi connectivity index (χ4n) is 1.34. The predicted molar refractivity (Wildman–Crippen MR) is 60.9 cm³/mol. The van der Waals surface area contributed by atoms with Crippen molar-refractivity contribution < 1.29 is 9.90 Å². The van der Waals surface area contributed by atoms with Gasteiger partial charge < -0.3 is 5.11 Å². The number of aromatic carboxylic acids is 1. The number of carboxylic acids is 1. The molecule has 1 heterocycles. The van der Waals surface area contributed by atoms with Gasteiger partial charge in [0, 0.05) is 5.56 Å². The van der Waals surface area contributed by atoms with Crippen LogP contribution in [0.4, 0.5) is 0 Å². The van der Waals surface area contributed by atoms with Gasteiger partial charge in [0.15, 0.2) is 5.69 Å². The van der Waals surface area contributed by atoms with Gasteiger partial charge in [-0.25, -0.2) is 4.79 Å². The van der Waals surface area contributed by atoms with Crippen LogP contribution in [0.25, 0.3) is 12.2 Å². The molecule has 2 rings (SSSR count). The molecule has 0 amide bonds. The van der Waals surface area contributed by atoms with E-state index in [2.05, 4.69) is 10.2 Å². The number of nitrogens with zero attached hydrogens (tertiary/aromatic N) is 1. The zero-order valence-electron chi connectivity index (χ0n) is 8.42. The van der Waals surface area contributed by atoms with Crippen molar-refractivity contribution in [2.24, 2.45) is 0 Å². The van der Waals surface area contributed by atoms with E-state index >= 15 is 0 Å². The van der Waals surface area contributed by atoms with Crippen LogP contribution in [0.15, 0.2) is 36.5 Å². The number of H-pyrrole nitrogens is 1. The van der Waals surface area contributed by atoms with Crippen molar-refractivity contribution in [3.63, 3.8) is 0 Å². The van der Waals surface area contributed by atoms with Crippen LogP contribution >= 0.6 is 0 Å². The molecule has 1 aromatic heterocycles. The summed E-state index contributed by atoms with van der Waals surface area (Å²) in [6, 6.07) is 9.66. The molecule has 4 heteroatoms. The lowest BCUT2D eigenvalue weighted by Crippen LogP contribution is -1.98. The van der Waals surface area contributed by atoms with Gasteiger partial charge in [0.1, 0.15) is 0 Å². The molecule has 0 aliphatic carbocycles. The molecule has 0 unspecified atom stereocenters. The van der Waals surface area contributed by atoms with Crippen LogP contribution < -0.4 is 0 Å². The van der Waals surface area contributed by atoms with E-state index in [0.29, 0.717) is 5.56 Å². The Morgan fingerprint density at radius 3 is 2.69 bits per heavy atom. The number of nitrogens with one attached hydrogen (secondary N) is 1. The van der Waals surface area contributed by atoms with E-state index in [4.69, 9.17) is 5.11 Å². The first-order valence-corrected chi connectivity index (χ1v) is 4.77. The van der Waals surface area contributed by atoms with Crippen LogP contribution in [0.5, 0.6) is 0 Å². The standard InChI is InChI=1S/C12H10N2O2/c15-12(16)11-10(8-13-14-11)7-6-9-4-2-1-3-5-9/h1-8H,(H,13,14)(H,15,16). The molecule has 1 aromatic carbocycles. The number of rotatable bonds is 3. The van der Waals surface area contributed by atoms with Gasteiger partial charge in [0.25, 0.3) is 0 Å². The number of benzene rings is 1. The Morgan fingerprint density at radius 1 is 1.25 bits per heavy atom. The molecule has 2 aromatic rings. The Kier molecular flexibility index (Phi) is 2.82. The highest BCUT2D eigenvalue weighted by Gasteiger charge is 2.08. The second kappa shape index (κ2) is 4.44. The van der Waals surface area contributed by atoms with Gasteiger partial charge in [-0.1, -0.05) is 42.5 Å². The maximum absolute atomic E-state index is 10.8. The highest BCUT2D eigenvalue weighted by molar-refractivity contribution is 5.91. The summed E-state index contributed by atoms with van der Waals surface area (Å²) >= 11 is 0. The molecule has 0 spiro atoms. The van der Waals surface area contributed by atoms with Crippen molar-refractivity contribution in [1.82, 2.24) is 10.2 Å². The SMILES string of the molecule is O=C(O)c1[nH]ncc1C=Cc1ccccc1. The molecular weight excluding hydrogens is 204 g/mol. The minimum Gasteiger partial charge on any atom is -0.477 e. The molecule has 0 atom stereocenters. The van der Waals surface area contributed by atoms with E-state index in [1.807, 2.05) is 36.4 Å². The number of carbonyl (C=O) groups is 1. The number of aromatic nitrogens is 2. The monoisotopic (exact) mass is 214 g/mol. The molecule has 2 N–H and O–H groups in total. The summed E-state index contributed by atoms with van der Waals surface area (Å²) in [6.07, 6.45) is 5.06. The molecule has 80 valence electrons. The van der Waals surface area contributed by atoms with Crippen molar-refractivity contribution in [3.05, 3.63) is 53.3 Å². The molecule has 0 fully saturated rings. The highest BCUT2D eigenvalue weighted by atomic mass is 16.4. The first-order chi connectivity index (χ1) is 7.77. The minimum absolute atomic E-state index is 0.104. The normalized spacial score (nSPS) is 10.8. The summed E-state index contributed by atoms with van der Waals surface area (Å²) in [5.41, 5.74) is 1.68. The van der Waals surface area contributed by atoms with Crippen molar-refractivity contribution in [1.29, 1.82) is 0 Å². The average Bonchev–Trinajstić information content (AvgIpc) is 2.76. The molecular formula is C12H10N2O2. The van der Waals surface area contributed by atoms with Gasteiger partial charge >= 0.3 is 5.97 Å². The van der Waals surface area contributed by atoms with Gasteiger partial charge in [-0.15, -0.1) is 0 Å². The third-order valence-electron chi connectivity index (χ3n) is 2.14. The van der Waals surface area contributed by atoms with Gasteiger partial charge in [0.05, 0.1) is 6.20 Å². The fourth-order valence-corrected chi connectivity index (χ4v) is 1.34. The van der Waals surface area contributed by atoms with Crippen LogP contribution in [-0.2, 0) is 0 Å². The molecule has 4 nitrogen and oxygen atoms in total. The van der Waals surface area contributed by atoms with E-state index in [0.717, 1.165) is 5.56 Å². The summed E-state index contributed by atoms with van der Waals surface area (Å²) in [4.78, 5) is 10.8. The summed E-state index contributed by atoms with van der Waals surface area (Å²) in [5.74, 6) is -1.01. The number of aromatic amines is 1. The van der Waals surface area contributed by atoms with Crippen LogP contribution in [0.1, 0.15) is 21.6 Å².